The van der Waals surface area contributed by atoms with Crippen LogP contribution < -0.4 is 5.56 Å². The average Bonchev–Trinajstić information content (AvgIpc) is 2.29. The van der Waals surface area contributed by atoms with E-state index in [0.29, 0.717) is 16.0 Å². The summed E-state index contributed by atoms with van der Waals surface area (Å²) in [5.74, 6) is 0.923. The van der Waals surface area contributed by atoms with E-state index in [1.54, 1.807) is 0 Å². The number of aryl methyl sites for hydroxylation is 1. The van der Waals surface area contributed by atoms with Crippen LogP contribution in [0.5, 0.6) is 0 Å². The van der Waals surface area contributed by atoms with Gasteiger partial charge in [-0.05, 0) is 41.9 Å². The van der Waals surface area contributed by atoms with Crippen LogP contribution in [0.25, 0.3) is 0 Å². The highest BCUT2D eigenvalue weighted by atomic mass is 127. The van der Waals surface area contributed by atoms with Crippen molar-refractivity contribution in [3.05, 3.63) is 25.4 Å². The summed E-state index contributed by atoms with van der Waals surface area (Å²) in [7, 11) is 0. The lowest BCUT2D eigenvalue weighted by Gasteiger charge is -2.20. The van der Waals surface area contributed by atoms with Crippen LogP contribution in [0.3, 0.4) is 0 Å². The summed E-state index contributed by atoms with van der Waals surface area (Å²) in [6.07, 6.45) is 0.613. The van der Waals surface area contributed by atoms with Crippen molar-refractivity contribution in [2.75, 3.05) is 6.61 Å². The average molecular weight is 350 g/mol. The summed E-state index contributed by atoms with van der Waals surface area (Å²) in [6.45, 7) is 8.67. The monoisotopic (exact) mass is 350 g/mol. The van der Waals surface area contributed by atoms with Gasteiger partial charge in [-0.3, -0.25) is 4.79 Å². The number of ether oxygens (including phenoxy) is 1. The molecule has 1 rings (SSSR count). The molecule has 96 valence electrons. The fourth-order valence-electron chi connectivity index (χ4n) is 1.66. The number of nitrogens with one attached hydrogen (secondary N) is 1. The maximum absolute atomic E-state index is 11.8. The van der Waals surface area contributed by atoms with E-state index < -0.39 is 0 Å². The van der Waals surface area contributed by atoms with Crippen LogP contribution in [0, 0.1) is 9.49 Å². The fourth-order valence-corrected chi connectivity index (χ4v) is 2.30. The third kappa shape index (κ3) is 3.51. The van der Waals surface area contributed by atoms with Gasteiger partial charge in [0, 0.05) is 6.61 Å². The van der Waals surface area contributed by atoms with E-state index in [2.05, 4.69) is 23.8 Å². The minimum Gasteiger partial charge on any atom is -0.370 e. The predicted molar refractivity (Wildman–Crippen MR) is 76.2 cm³/mol. The molecule has 0 aliphatic heterocycles. The molecule has 1 unspecified atom stereocenters. The van der Waals surface area contributed by atoms with Crippen molar-refractivity contribution in [1.29, 1.82) is 0 Å². The molecule has 0 radical (unpaired) electrons. The number of aromatic amines is 1. The summed E-state index contributed by atoms with van der Waals surface area (Å²) in [4.78, 5) is 19.1. The molecule has 0 aromatic carbocycles. The van der Waals surface area contributed by atoms with Crippen LogP contribution in [0.15, 0.2) is 4.79 Å². The fraction of sp³-hybridized carbons (Fsp3) is 0.667. The Balaban J connectivity index is 3.20. The maximum atomic E-state index is 11.8. The summed E-state index contributed by atoms with van der Waals surface area (Å²) in [5.41, 5.74) is 0.771. The number of hydrogen-bond donors (Lipinski definition) is 1. The van der Waals surface area contributed by atoms with Crippen molar-refractivity contribution in [1.82, 2.24) is 9.97 Å². The summed E-state index contributed by atoms with van der Waals surface area (Å²) in [6, 6.07) is 0. The molecule has 1 aromatic rings. The number of hydrogen-bond acceptors (Lipinski definition) is 3. The molecule has 5 heteroatoms. The third-order valence-corrected chi connectivity index (χ3v) is 3.62. The minimum absolute atomic E-state index is 0.0715. The predicted octanol–water partition coefficient (Wildman–Crippen LogP) is 2.67. The first-order valence-corrected chi connectivity index (χ1v) is 6.99. The van der Waals surface area contributed by atoms with E-state index in [4.69, 9.17) is 4.74 Å². The largest absolute Gasteiger partial charge is 0.370 e. The quantitative estimate of drug-likeness (QED) is 0.831. The maximum Gasteiger partial charge on any atom is 0.264 e. The Hall–Kier alpha value is -0.430. The number of aromatic nitrogens is 2. The Morgan fingerprint density at radius 2 is 2.06 bits per heavy atom. The van der Waals surface area contributed by atoms with Crippen molar-refractivity contribution in [2.45, 2.75) is 40.2 Å². The standard InChI is InChI=1S/C12H19IN2O2/c1-5-8-9(13)12(16)15-11(14-8)10(7(3)4)17-6-2/h7,10H,5-6H2,1-4H3,(H,14,15,16). The van der Waals surface area contributed by atoms with E-state index >= 15 is 0 Å². The van der Waals surface area contributed by atoms with Crippen LogP contribution >= 0.6 is 22.6 Å². The highest BCUT2D eigenvalue weighted by Crippen LogP contribution is 2.22. The van der Waals surface area contributed by atoms with Crippen molar-refractivity contribution >= 4 is 22.6 Å². The lowest BCUT2D eigenvalue weighted by atomic mass is 10.1. The van der Waals surface area contributed by atoms with Crippen LogP contribution in [-0.2, 0) is 11.2 Å². The molecular formula is C12H19IN2O2. The van der Waals surface area contributed by atoms with Crippen molar-refractivity contribution in [3.63, 3.8) is 0 Å². The molecule has 1 heterocycles. The second-order valence-corrected chi connectivity index (χ2v) is 5.26. The van der Waals surface area contributed by atoms with Gasteiger partial charge in [-0.2, -0.15) is 0 Å². The lowest BCUT2D eigenvalue weighted by molar-refractivity contribution is 0.0228. The summed E-state index contributed by atoms with van der Waals surface area (Å²) < 4.78 is 6.32. The van der Waals surface area contributed by atoms with Gasteiger partial charge >= 0.3 is 0 Å². The summed E-state index contributed by atoms with van der Waals surface area (Å²) in [5, 5.41) is 0. The van der Waals surface area contributed by atoms with E-state index in [1.165, 1.54) is 0 Å². The van der Waals surface area contributed by atoms with E-state index in [1.807, 2.05) is 36.4 Å². The molecule has 0 aliphatic carbocycles. The number of H-pyrrole nitrogens is 1. The van der Waals surface area contributed by atoms with Gasteiger partial charge in [-0.25, -0.2) is 4.98 Å². The number of nitrogens with zero attached hydrogens (tertiary/aromatic N) is 1. The van der Waals surface area contributed by atoms with Gasteiger partial charge in [-0.15, -0.1) is 0 Å². The third-order valence-electron chi connectivity index (χ3n) is 2.51. The number of rotatable bonds is 5. The van der Waals surface area contributed by atoms with Gasteiger partial charge < -0.3 is 9.72 Å². The first-order chi connectivity index (χ1) is 8.01. The molecule has 0 aliphatic rings. The lowest BCUT2D eigenvalue weighted by Crippen LogP contribution is -2.23. The zero-order valence-corrected chi connectivity index (χ0v) is 12.9. The van der Waals surface area contributed by atoms with Crippen molar-refractivity contribution in [2.24, 2.45) is 5.92 Å². The van der Waals surface area contributed by atoms with Gasteiger partial charge in [0.1, 0.15) is 11.9 Å². The Labute approximate surface area is 115 Å². The van der Waals surface area contributed by atoms with Gasteiger partial charge in [0.25, 0.3) is 5.56 Å². The Morgan fingerprint density at radius 1 is 1.41 bits per heavy atom. The highest BCUT2D eigenvalue weighted by molar-refractivity contribution is 14.1. The second kappa shape index (κ2) is 6.49. The van der Waals surface area contributed by atoms with E-state index in [0.717, 1.165) is 12.1 Å². The SMILES string of the molecule is CCOC(c1nc(CC)c(I)c(=O)[nH]1)C(C)C. The molecule has 1 N–H and O–H groups in total. The van der Waals surface area contributed by atoms with Gasteiger partial charge in [-0.1, -0.05) is 20.8 Å². The molecular weight excluding hydrogens is 331 g/mol. The molecule has 0 fully saturated rings. The van der Waals surface area contributed by atoms with Crippen LogP contribution in [-0.4, -0.2) is 16.6 Å². The molecule has 0 bridgehead atoms. The molecule has 1 aromatic heterocycles. The molecule has 1 atom stereocenters. The minimum atomic E-state index is -0.144. The normalized spacial score (nSPS) is 13.1. The zero-order chi connectivity index (χ0) is 13.0. The summed E-state index contributed by atoms with van der Waals surface area (Å²) >= 11 is 2.04. The van der Waals surface area contributed by atoms with Crippen LogP contribution in [0.4, 0.5) is 0 Å². The number of halogens is 1. The molecule has 0 spiro atoms. The molecule has 0 saturated carbocycles. The first kappa shape index (κ1) is 14.6. The molecule has 4 nitrogen and oxygen atoms in total. The van der Waals surface area contributed by atoms with Crippen LogP contribution in [0.1, 0.15) is 45.3 Å². The van der Waals surface area contributed by atoms with Crippen molar-refractivity contribution in [3.8, 4) is 0 Å². The van der Waals surface area contributed by atoms with Gasteiger partial charge in [0.05, 0.1) is 9.26 Å². The van der Waals surface area contributed by atoms with E-state index in [-0.39, 0.29) is 17.6 Å². The molecule has 17 heavy (non-hydrogen) atoms. The Morgan fingerprint density at radius 3 is 2.53 bits per heavy atom. The highest BCUT2D eigenvalue weighted by Gasteiger charge is 2.20. The second-order valence-electron chi connectivity index (χ2n) is 4.19. The topological polar surface area (TPSA) is 55.0 Å². The van der Waals surface area contributed by atoms with Gasteiger partial charge in [0.2, 0.25) is 0 Å². The molecule has 0 saturated heterocycles. The van der Waals surface area contributed by atoms with E-state index in [9.17, 15) is 4.79 Å². The first-order valence-electron chi connectivity index (χ1n) is 5.91. The zero-order valence-electron chi connectivity index (χ0n) is 10.7. The smallest absolute Gasteiger partial charge is 0.264 e. The Bertz CT molecular complexity index is 429. The molecule has 0 amide bonds. The van der Waals surface area contributed by atoms with Crippen LogP contribution in [0.2, 0.25) is 0 Å². The van der Waals surface area contributed by atoms with Crippen molar-refractivity contribution < 1.29 is 4.74 Å². The Kier molecular flexibility index (Phi) is 5.58. The van der Waals surface area contributed by atoms with Gasteiger partial charge in [0.15, 0.2) is 0 Å².